The van der Waals surface area contributed by atoms with Crippen LogP contribution in [-0.4, -0.2) is 30.3 Å². The monoisotopic (exact) mass is 410 g/mol. The van der Waals surface area contributed by atoms with Crippen LogP contribution in [0.2, 0.25) is 0 Å². The summed E-state index contributed by atoms with van der Waals surface area (Å²) in [6.07, 6.45) is 1.48. The van der Waals surface area contributed by atoms with Crippen molar-refractivity contribution in [1.82, 2.24) is 5.32 Å². The molecule has 4 rings (SSSR count). The van der Waals surface area contributed by atoms with Gasteiger partial charge in [0.15, 0.2) is 16.6 Å². The number of nitrogens with zero attached hydrogens (tertiary/aromatic N) is 1. The number of fused-ring (bicyclic) bond motifs is 1. The van der Waals surface area contributed by atoms with Gasteiger partial charge in [-0.2, -0.15) is 0 Å². The summed E-state index contributed by atoms with van der Waals surface area (Å²) in [6, 6.07) is 10.7. The molecule has 1 fully saturated rings. The molecule has 0 unspecified atom stereocenters. The van der Waals surface area contributed by atoms with Gasteiger partial charge in [-0.05, 0) is 55.9 Å². The number of carbonyl (C=O) groups is 2. The lowest BCUT2D eigenvalue weighted by Crippen LogP contribution is -2.54. The molecule has 2 aromatic rings. The van der Waals surface area contributed by atoms with E-state index >= 15 is 0 Å². The molecule has 7 nitrogen and oxygen atoms in total. The van der Waals surface area contributed by atoms with Crippen molar-refractivity contribution in [1.29, 1.82) is 0 Å². The van der Waals surface area contributed by atoms with Gasteiger partial charge in [0, 0.05) is 11.6 Å². The van der Waals surface area contributed by atoms with E-state index in [0.717, 1.165) is 5.56 Å². The second kappa shape index (κ2) is 7.56. The highest BCUT2D eigenvalue weighted by Gasteiger charge is 2.35. The van der Waals surface area contributed by atoms with Crippen LogP contribution in [0.5, 0.6) is 17.2 Å². The summed E-state index contributed by atoms with van der Waals surface area (Å²) in [5.74, 6) is 0.487. The third-order valence-corrected chi connectivity index (χ3v) is 4.75. The number of amides is 2. The zero-order chi connectivity index (χ0) is 20.5. The van der Waals surface area contributed by atoms with Gasteiger partial charge >= 0.3 is 0 Å². The van der Waals surface area contributed by atoms with Crippen LogP contribution in [-0.2, 0) is 9.59 Å². The van der Waals surface area contributed by atoms with Crippen LogP contribution in [0.1, 0.15) is 18.1 Å². The number of rotatable bonds is 4. The third kappa shape index (κ3) is 3.54. The molecule has 2 aliphatic heterocycles. The van der Waals surface area contributed by atoms with Crippen LogP contribution in [0.3, 0.4) is 0 Å². The van der Waals surface area contributed by atoms with E-state index in [1.54, 1.807) is 18.2 Å². The van der Waals surface area contributed by atoms with Gasteiger partial charge in [0.1, 0.15) is 11.3 Å². The van der Waals surface area contributed by atoms with Crippen LogP contribution in [0, 0.1) is 6.92 Å². The van der Waals surface area contributed by atoms with Gasteiger partial charge < -0.3 is 14.2 Å². The fourth-order valence-corrected chi connectivity index (χ4v) is 3.43. The summed E-state index contributed by atoms with van der Waals surface area (Å²) in [7, 11) is 0. The van der Waals surface area contributed by atoms with E-state index in [1.165, 1.54) is 11.0 Å². The van der Waals surface area contributed by atoms with Gasteiger partial charge in [0.2, 0.25) is 6.79 Å². The van der Waals surface area contributed by atoms with Crippen molar-refractivity contribution in [2.24, 2.45) is 0 Å². The number of benzene rings is 2. The number of hydrogen-bond donors (Lipinski definition) is 1. The molecule has 2 heterocycles. The molecular formula is C21H18N2O5S. The number of thiocarbonyl (C=S) groups is 1. The number of aryl methyl sites for hydroxylation is 1. The molecule has 8 heteroatoms. The fourth-order valence-electron chi connectivity index (χ4n) is 3.15. The van der Waals surface area contributed by atoms with Crippen LogP contribution < -0.4 is 24.4 Å². The van der Waals surface area contributed by atoms with Crippen LogP contribution >= 0.6 is 12.2 Å². The molecule has 0 atom stereocenters. The molecule has 0 aromatic heterocycles. The van der Waals surface area contributed by atoms with E-state index in [-0.39, 0.29) is 17.5 Å². The summed E-state index contributed by atoms with van der Waals surface area (Å²) in [5.41, 5.74) is 2.03. The topological polar surface area (TPSA) is 77.1 Å². The smallest absolute Gasteiger partial charge is 0.270 e. The van der Waals surface area contributed by atoms with E-state index < -0.39 is 11.8 Å². The average molecular weight is 410 g/mol. The van der Waals surface area contributed by atoms with Gasteiger partial charge in [-0.25, -0.2) is 0 Å². The van der Waals surface area contributed by atoms with Gasteiger partial charge in [0.05, 0.1) is 12.3 Å². The average Bonchev–Trinajstić information content (AvgIpc) is 3.12. The number of carbonyl (C=O) groups excluding carboxylic acids is 2. The third-order valence-electron chi connectivity index (χ3n) is 4.47. The highest BCUT2D eigenvalue weighted by Crippen LogP contribution is 2.39. The van der Waals surface area contributed by atoms with E-state index in [2.05, 4.69) is 5.32 Å². The number of anilines is 1. The van der Waals surface area contributed by atoms with Crippen LogP contribution in [0.25, 0.3) is 6.08 Å². The van der Waals surface area contributed by atoms with Crippen molar-refractivity contribution in [3.05, 3.63) is 53.1 Å². The first kappa shape index (κ1) is 18.9. The Hall–Kier alpha value is -3.39. The standard InChI is InChI=1S/C21H18N2O5S/c1-3-26-16-10-18-17(27-11-28-18)9-13(16)8-15-19(24)22-21(29)23(20(15)25)14-6-4-5-12(2)7-14/h4-10H,3,11H2,1-2H3,(H,22,24,29)/b15-8-. The molecule has 0 radical (unpaired) electrons. The van der Waals surface area contributed by atoms with Crippen molar-refractivity contribution < 1.29 is 23.8 Å². The lowest BCUT2D eigenvalue weighted by atomic mass is 10.1. The zero-order valence-electron chi connectivity index (χ0n) is 15.9. The summed E-state index contributed by atoms with van der Waals surface area (Å²) in [5, 5.41) is 2.62. The van der Waals surface area contributed by atoms with Gasteiger partial charge in [-0.1, -0.05) is 12.1 Å². The van der Waals surface area contributed by atoms with Crippen LogP contribution in [0.15, 0.2) is 42.0 Å². The van der Waals surface area contributed by atoms with Gasteiger partial charge in [-0.15, -0.1) is 0 Å². The van der Waals surface area contributed by atoms with Crippen LogP contribution in [0.4, 0.5) is 5.69 Å². The van der Waals surface area contributed by atoms with Gasteiger partial charge in [-0.3, -0.25) is 19.8 Å². The fraction of sp³-hybridized carbons (Fsp3) is 0.190. The molecule has 0 bridgehead atoms. The lowest BCUT2D eigenvalue weighted by molar-refractivity contribution is -0.122. The normalized spacial score (nSPS) is 17.0. The van der Waals surface area contributed by atoms with Crippen molar-refractivity contribution in [2.75, 3.05) is 18.3 Å². The minimum atomic E-state index is -0.566. The maximum Gasteiger partial charge on any atom is 0.270 e. The lowest BCUT2D eigenvalue weighted by Gasteiger charge is -2.29. The predicted octanol–water partition coefficient (Wildman–Crippen LogP) is 2.95. The highest BCUT2D eigenvalue weighted by molar-refractivity contribution is 7.80. The molecule has 0 spiro atoms. The summed E-state index contributed by atoms with van der Waals surface area (Å²) >= 11 is 5.24. The van der Waals surface area contributed by atoms with E-state index in [9.17, 15) is 9.59 Å². The first-order chi connectivity index (χ1) is 14.0. The minimum Gasteiger partial charge on any atom is -0.493 e. The molecule has 1 saturated heterocycles. The molecular weight excluding hydrogens is 392 g/mol. The molecule has 148 valence electrons. The Labute approximate surface area is 172 Å². The Morgan fingerprint density at radius 2 is 1.97 bits per heavy atom. The molecule has 29 heavy (non-hydrogen) atoms. The van der Waals surface area contributed by atoms with E-state index in [1.807, 2.05) is 32.0 Å². The zero-order valence-corrected chi connectivity index (χ0v) is 16.7. The number of ether oxygens (including phenoxy) is 3. The molecule has 1 N–H and O–H groups in total. The number of hydrogen-bond acceptors (Lipinski definition) is 6. The largest absolute Gasteiger partial charge is 0.493 e. The minimum absolute atomic E-state index is 0.0402. The van der Waals surface area contributed by atoms with Crippen molar-refractivity contribution >= 4 is 40.9 Å². The maximum absolute atomic E-state index is 13.2. The molecule has 2 aromatic carbocycles. The quantitative estimate of drug-likeness (QED) is 0.474. The highest BCUT2D eigenvalue weighted by atomic mass is 32.1. The Balaban J connectivity index is 1.77. The first-order valence-corrected chi connectivity index (χ1v) is 9.43. The van der Waals surface area contributed by atoms with E-state index in [0.29, 0.717) is 35.1 Å². The van der Waals surface area contributed by atoms with Gasteiger partial charge in [0.25, 0.3) is 11.8 Å². The maximum atomic E-state index is 13.2. The molecule has 0 aliphatic carbocycles. The molecule has 0 saturated carbocycles. The SMILES string of the molecule is CCOc1cc2c(cc1/C=C1/C(=O)NC(=S)N(c3cccc(C)c3)C1=O)OCO2. The molecule has 2 aliphatic rings. The summed E-state index contributed by atoms with van der Waals surface area (Å²) < 4.78 is 16.5. The Bertz CT molecular complexity index is 1060. The summed E-state index contributed by atoms with van der Waals surface area (Å²) in [4.78, 5) is 27.0. The Morgan fingerprint density at radius 1 is 1.21 bits per heavy atom. The second-order valence-corrected chi connectivity index (χ2v) is 6.86. The van der Waals surface area contributed by atoms with Crippen molar-refractivity contribution in [3.63, 3.8) is 0 Å². The Kier molecular flexibility index (Phi) is 4.94. The first-order valence-electron chi connectivity index (χ1n) is 9.02. The summed E-state index contributed by atoms with van der Waals surface area (Å²) in [6.45, 7) is 4.28. The van der Waals surface area contributed by atoms with Crippen molar-refractivity contribution in [3.8, 4) is 17.2 Å². The second-order valence-electron chi connectivity index (χ2n) is 6.47. The predicted molar refractivity (Wildman–Crippen MR) is 111 cm³/mol. The Morgan fingerprint density at radius 3 is 2.69 bits per heavy atom. The molecule has 2 amide bonds. The van der Waals surface area contributed by atoms with Crippen molar-refractivity contribution in [2.45, 2.75) is 13.8 Å². The number of nitrogens with one attached hydrogen (secondary N) is 1. The van der Waals surface area contributed by atoms with E-state index in [4.69, 9.17) is 26.4 Å².